The number of hydrogen-bond donors (Lipinski definition) is 0. The van der Waals surface area contributed by atoms with Gasteiger partial charge in [0.05, 0.1) is 19.6 Å². The number of carbonyl (C=O) groups excluding carboxylic acids is 1. The van der Waals surface area contributed by atoms with Crippen molar-refractivity contribution >= 4 is 5.97 Å². The molecule has 2 aliphatic rings. The van der Waals surface area contributed by atoms with Gasteiger partial charge in [0.1, 0.15) is 6.67 Å². The average molecular weight is 328 g/mol. The van der Waals surface area contributed by atoms with Gasteiger partial charge >= 0.3 is 5.97 Å². The number of halogens is 1. The van der Waals surface area contributed by atoms with Crippen LogP contribution >= 0.6 is 0 Å². The molecule has 0 radical (unpaired) electrons. The van der Waals surface area contributed by atoms with Crippen LogP contribution in [-0.2, 0) is 9.53 Å². The third kappa shape index (κ3) is 3.18. The van der Waals surface area contributed by atoms with Gasteiger partial charge in [-0.25, -0.2) is 4.39 Å². The second-order valence-corrected chi connectivity index (χ2v) is 6.76. The van der Waals surface area contributed by atoms with E-state index in [4.69, 9.17) is 4.74 Å². The summed E-state index contributed by atoms with van der Waals surface area (Å²) in [4.78, 5) is 14.8. The molecule has 2 bridgehead atoms. The minimum absolute atomic E-state index is 0.136. The first kappa shape index (κ1) is 17.0. The minimum Gasteiger partial charge on any atom is -0.469 e. The van der Waals surface area contributed by atoms with Crippen LogP contribution in [0.3, 0.4) is 0 Å². The first-order chi connectivity index (χ1) is 11.7. The second-order valence-electron chi connectivity index (χ2n) is 6.76. The first-order valence-corrected chi connectivity index (χ1v) is 8.57. The Balaban J connectivity index is 1.89. The highest BCUT2D eigenvalue weighted by Crippen LogP contribution is 2.47. The van der Waals surface area contributed by atoms with Crippen molar-refractivity contribution in [3.05, 3.63) is 35.4 Å². The van der Waals surface area contributed by atoms with Crippen LogP contribution in [0.15, 0.2) is 24.3 Å². The molecule has 3 nitrogen and oxygen atoms in total. The van der Waals surface area contributed by atoms with E-state index in [1.165, 1.54) is 18.2 Å². The number of carbonyl (C=O) groups is 1. The van der Waals surface area contributed by atoms with E-state index in [0.717, 1.165) is 19.3 Å². The molecule has 1 aromatic carbocycles. The zero-order valence-corrected chi connectivity index (χ0v) is 14.3. The van der Waals surface area contributed by atoms with Crippen LogP contribution in [0.2, 0.25) is 0 Å². The van der Waals surface area contributed by atoms with Gasteiger partial charge in [-0.3, -0.25) is 9.69 Å². The number of methoxy groups -OCH3 is 1. The van der Waals surface area contributed by atoms with E-state index in [0.29, 0.717) is 12.6 Å². The summed E-state index contributed by atoms with van der Waals surface area (Å²) in [5, 5.41) is 0. The van der Waals surface area contributed by atoms with Crippen LogP contribution in [0, 0.1) is 24.7 Å². The number of nitrogens with zero attached hydrogens (tertiary/aromatic N) is 1. The van der Waals surface area contributed by atoms with E-state index in [1.807, 2.05) is 0 Å². The lowest BCUT2D eigenvalue weighted by atomic mass is 9.76. The number of hydrogen-bond acceptors (Lipinski definition) is 3. The van der Waals surface area contributed by atoms with Crippen LogP contribution in [-0.4, -0.2) is 43.3 Å². The molecular formula is C20H24FNO2. The fourth-order valence-corrected chi connectivity index (χ4v) is 4.37. The van der Waals surface area contributed by atoms with Gasteiger partial charge in [0.2, 0.25) is 0 Å². The van der Waals surface area contributed by atoms with E-state index in [1.54, 1.807) is 0 Å². The summed E-state index contributed by atoms with van der Waals surface area (Å²) in [6.07, 6.45) is 2.97. The number of ether oxygens (including phenoxy) is 1. The maximum absolute atomic E-state index is 12.5. The topological polar surface area (TPSA) is 29.5 Å². The molecule has 0 amide bonds. The highest BCUT2D eigenvalue weighted by molar-refractivity contribution is 5.75. The summed E-state index contributed by atoms with van der Waals surface area (Å²) < 4.78 is 17.4. The number of piperidine rings is 1. The number of esters is 1. The summed E-state index contributed by atoms with van der Waals surface area (Å²) in [6.45, 7) is 1.99. The van der Waals surface area contributed by atoms with Crippen molar-refractivity contribution in [2.45, 2.75) is 44.2 Å². The van der Waals surface area contributed by atoms with Crippen molar-refractivity contribution in [3.63, 3.8) is 0 Å². The van der Waals surface area contributed by atoms with Crippen molar-refractivity contribution < 1.29 is 13.9 Å². The summed E-state index contributed by atoms with van der Waals surface area (Å²) in [5.41, 5.74) is 2.43. The van der Waals surface area contributed by atoms with Gasteiger partial charge in [0.15, 0.2) is 0 Å². The van der Waals surface area contributed by atoms with Gasteiger partial charge in [-0.15, -0.1) is 0 Å². The molecule has 0 aromatic heterocycles. The number of benzene rings is 1. The Hall–Kier alpha value is -1.86. The van der Waals surface area contributed by atoms with Gasteiger partial charge in [-0.2, -0.15) is 0 Å². The van der Waals surface area contributed by atoms with Gasteiger partial charge in [-0.05, 0) is 31.7 Å². The Morgan fingerprint density at radius 2 is 2.04 bits per heavy atom. The van der Waals surface area contributed by atoms with E-state index in [2.05, 4.69) is 47.9 Å². The SMILES string of the molecule is COC(=O)[C@H]1[C@@H](c2ccc(C)cc2)C[C@@H]2CC[C@H]1N2CC#CC[18F]. The molecule has 1 aromatic rings. The fourth-order valence-electron chi connectivity index (χ4n) is 4.37. The lowest BCUT2D eigenvalue weighted by Crippen LogP contribution is -2.51. The quantitative estimate of drug-likeness (QED) is 0.631. The van der Waals surface area contributed by atoms with Crippen molar-refractivity contribution in [1.82, 2.24) is 4.90 Å². The molecule has 0 unspecified atom stereocenters. The Labute approximate surface area is 143 Å². The van der Waals surface area contributed by atoms with E-state index in [9.17, 15) is 9.18 Å². The molecular weight excluding hydrogens is 304 g/mol. The smallest absolute Gasteiger partial charge is 0.310 e. The minimum atomic E-state index is -0.615. The average Bonchev–Trinajstić information content (AvgIpc) is 2.87. The lowest BCUT2D eigenvalue weighted by molar-refractivity contribution is -0.150. The van der Waals surface area contributed by atoms with Gasteiger partial charge < -0.3 is 4.74 Å². The second kappa shape index (κ2) is 7.36. The predicted molar refractivity (Wildman–Crippen MR) is 91.3 cm³/mol. The first-order valence-electron chi connectivity index (χ1n) is 8.57. The zero-order valence-electron chi connectivity index (χ0n) is 14.3. The number of rotatable bonds is 3. The standard InChI is InChI=1S/C20H24FNO2/c1-14-5-7-15(8-6-14)17-13-16-9-10-18(19(17)20(23)24-2)22(16)12-4-3-11-21/h5-8,16-19H,9-13H2,1-2H3/t16-,17+,18+,19-/m0/s1/i21-1. The van der Waals surface area contributed by atoms with Gasteiger partial charge in [-0.1, -0.05) is 41.7 Å². The maximum atomic E-state index is 12.5. The third-order valence-electron chi connectivity index (χ3n) is 5.50. The molecule has 2 heterocycles. The Morgan fingerprint density at radius 3 is 2.71 bits per heavy atom. The fraction of sp³-hybridized carbons (Fsp3) is 0.550. The molecule has 2 aliphatic heterocycles. The van der Waals surface area contributed by atoms with Crippen molar-refractivity contribution in [3.8, 4) is 11.8 Å². The van der Waals surface area contributed by atoms with Gasteiger partial charge in [0.25, 0.3) is 0 Å². The zero-order chi connectivity index (χ0) is 17.1. The van der Waals surface area contributed by atoms with Crippen LogP contribution in [0.5, 0.6) is 0 Å². The highest BCUT2D eigenvalue weighted by Gasteiger charge is 2.50. The van der Waals surface area contributed by atoms with Crippen LogP contribution < -0.4 is 0 Å². The summed E-state index contributed by atoms with van der Waals surface area (Å²) in [7, 11) is 1.46. The number of alkyl halides is 1. The number of aryl methyl sites for hydroxylation is 1. The van der Waals surface area contributed by atoms with Crippen molar-refractivity contribution in [1.29, 1.82) is 0 Å². The number of fused-ring (bicyclic) bond motifs is 2. The Morgan fingerprint density at radius 1 is 1.29 bits per heavy atom. The van der Waals surface area contributed by atoms with Crippen LogP contribution in [0.1, 0.15) is 36.3 Å². The molecule has 3 rings (SSSR count). The maximum Gasteiger partial charge on any atom is 0.310 e. The largest absolute Gasteiger partial charge is 0.469 e. The molecule has 0 spiro atoms. The van der Waals surface area contributed by atoms with E-state index < -0.39 is 6.67 Å². The normalized spacial score (nSPS) is 29.0. The van der Waals surface area contributed by atoms with Crippen molar-refractivity contribution in [2.75, 3.05) is 20.3 Å². The molecule has 0 N–H and O–H groups in total. The molecule has 128 valence electrons. The summed E-state index contributed by atoms with van der Waals surface area (Å²) in [5.74, 6) is 5.25. The monoisotopic (exact) mass is 328 g/mol. The van der Waals surface area contributed by atoms with Gasteiger partial charge in [0, 0.05) is 18.0 Å². The predicted octanol–water partition coefficient (Wildman–Crippen LogP) is 3.08. The van der Waals surface area contributed by atoms with Crippen molar-refractivity contribution in [2.24, 2.45) is 5.92 Å². The molecule has 4 atom stereocenters. The summed E-state index contributed by atoms with van der Waals surface area (Å²) >= 11 is 0. The Kier molecular flexibility index (Phi) is 5.20. The molecule has 0 aliphatic carbocycles. The lowest BCUT2D eigenvalue weighted by Gasteiger charge is -2.42. The van der Waals surface area contributed by atoms with E-state index in [-0.39, 0.29) is 23.8 Å². The summed E-state index contributed by atoms with van der Waals surface area (Å²) in [6, 6.07) is 9.02. The molecule has 24 heavy (non-hydrogen) atoms. The molecule has 4 heteroatoms. The molecule has 2 fully saturated rings. The molecule has 2 saturated heterocycles. The third-order valence-corrected chi connectivity index (χ3v) is 5.50. The van der Waals surface area contributed by atoms with Crippen LogP contribution in [0.4, 0.5) is 4.39 Å². The van der Waals surface area contributed by atoms with E-state index >= 15 is 0 Å². The highest BCUT2D eigenvalue weighted by atomic mass is 18.2. The van der Waals surface area contributed by atoms with Crippen LogP contribution in [0.25, 0.3) is 0 Å². The Bertz CT molecular complexity index is 646. The molecule has 0 saturated carbocycles.